The molecule has 2 aliphatic heterocycles. The van der Waals surface area contributed by atoms with Crippen LogP contribution in [0.25, 0.3) is 0 Å². The van der Waals surface area contributed by atoms with Crippen LogP contribution in [0.15, 0.2) is 30.3 Å². The Labute approximate surface area is 144 Å². The van der Waals surface area contributed by atoms with E-state index in [1.54, 1.807) is 6.92 Å². The maximum Gasteiger partial charge on any atom is 0.225 e. The van der Waals surface area contributed by atoms with Crippen LogP contribution in [-0.2, 0) is 9.59 Å². The predicted octanol–water partition coefficient (Wildman–Crippen LogP) is 3.04. The number of rotatable bonds is 2. The molecule has 1 atom stereocenters. The van der Waals surface area contributed by atoms with E-state index in [9.17, 15) is 9.59 Å². The Kier molecular flexibility index (Phi) is 5.54. The summed E-state index contributed by atoms with van der Waals surface area (Å²) < 4.78 is 0. The topological polar surface area (TPSA) is 40.6 Å². The second-order valence-corrected chi connectivity index (χ2v) is 7.17. The molecule has 24 heavy (non-hydrogen) atoms. The summed E-state index contributed by atoms with van der Waals surface area (Å²) in [5.41, 5.74) is 1.35. The van der Waals surface area contributed by atoms with Gasteiger partial charge in [-0.3, -0.25) is 9.59 Å². The molecular formula is C20H28N2O2. The van der Waals surface area contributed by atoms with E-state index in [4.69, 9.17) is 0 Å². The number of piperidine rings is 1. The van der Waals surface area contributed by atoms with Gasteiger partial charge in [-0.25, -0.2) is 0 Å². The molecule has 1 aromatic carbocycles. The van der Waals surface area contributed by atoms with Gasteiger partial charge in [0.25, 0.3) is 0 Å². The summed E-state index contributed by atoms with van der Waals surface area (Å²) in [4.78, 5) is 28.4. The largest absolute Gasteiger partial charge is 0.343 e. The van der Waals surface area contributed by atoms with Crippen LogP contribution in [0.3, 0.4) is 0 Å². The van der Waals surface area contributed by atoms with E-state index in [0.717, 1.165) is 51.9 Å². The van der Waals surface area contributed by atoms with Crippen molar-refractivity contribution >= 4 is 11.8 Å². The van der Waals surface area contributed by atoms with Crippen LogP contribution >= 0.6 is 0 Å². The van der Waals surface area contributed by atoms with Gasteiger partial charge in [0, 0.05) is 44.9 Å². The van der Waals surface area contributed by atoms with Crippen molar-refractivity contribution in [3.63, 3.8) is 0 Å². The summed E-state index contributed by atoms with van der Waals surface area (Å²) in [6.45, 7) is 4.79. The molecule has 2 amide bonds. The molecule has 1 aromatic rings. The zero-order valence-electron chi connectivity index (χ0n) is 14.6. The molecule has 3 rings (SSSR count). The average molecular weight is 328 g/mol. The van der Waals surface area contributed by atoms with E-state index in [-0.39, 0.29) is 11.8 Å². The van der Waals surface area contributed by atoms with E-state index in [1.165, 1.54) is 12.0 Å². The highest BCUT2D eigenvalue weighted by molar-refractivity contribution is 5.80. The van der Waals surface area contributed by atoms with Gasteiger partial charge in [-0.15, -0.1) is 0 Å². The van der Waals surface area contributed by atoms with Crippen molar-refractivity contribution < 1.29 is 9.59 Å². The highest BCUT2D eigenvalue weighted by Crippen LogP contribution is 2.28. The lowest BCUT2D eigenvalue weighted by Crippen LogP contribution is -2.44. The lowest BCUT2D eigenvalue weighted by Gasteiger charge is -2.34. The standard InChI is InChI=1S/C20H28N2O2/c1-16(23)21-13-10-18(11-14-21)20(24)22-12-6-5-9-19(15-22)17-7-3-2-4-8-17/h2-4,7-8,18-19H,5-6,9-15H2,1H3. The SMILES string of the molecule is CC(=O)N1CCC(C(=O)N2CCCCC(c3ccccc3)C2)CC1. The van der Waals surface area contributed by atoms with Crippen LogP contribution in [-0.4, -0.2) is 47.8 Å². The first-order chi connectivity index (χ1) is 11.6. The van der Waals surface area contributed by atoms with Crippen LogP contribution in [0.4, 0.5) is 0 Å². The van der Waals surface area contributed by atoms with E-state index in [0.29, 0.717) is 11.8 Å². The number of nitrogens with zero attached hydrogens (tertiary/aromatic N) is 2. The Balaban J connectivity index is 1.62. The number of carbonyl (C=O) groups excluding carboxylic acids is 2. The Morgan fingerprint density at radius 2 is 1.62 bits per heavy atom. The Bertz CT molecular complexity index is 564. The van der Waals surface area contributed by atoms with Crippen LogP contribution in [0.2, 0.25) is 0 Å². The summed E-state index contributed by atoms with van der Waals surface area (Å²) in [6.07, 6.45) is 5.07. The lowest BCUT2D eigenvalue weighted by molar-refractivity contribution is -0.140. The zero-order valence-corrected chi connectivity index (χ0v) is 14.6. The number of likely N-dealkylation sites (tertiary alicyclic amines) is 2. The predicted molar refractivity (Wildman–Crippen MR) is 94.6 cm³/mol. The minimum atomic E-state index is 0.0927. The quantitative estimate of drug-likeness (QED) is 0.837. The van der Waals surface area contributed by atoms with Crippen LogP contribution in [0.1, 0.15) is 50.5 Å². The third-order valence-corrected chi connectivity index (χ3v) is 5.54. The van der Waals surface area contributed by atoms with Gasteiger partial charge in [0.05, 0.1) is 0 Å². The second-order valence-electron chi connectivity index (χ2n) is 7.17. The molecule has 2 saturated heterocycles. The Morgan fingerprint density at radius 3 is 2.29 bits per heavy atom. The fourth-order valence-electron chi connectivity index (χ4n) is 4.04. The average Bonchev–Trinajstić information content (AvgIpc) is 2.88. The summed E-state index contributed by atoms with van der Waals surface area (Å²) in [5, 5.41) is 0. The minimum Gasteiger partial charge on any atom is -0.343 e. The van der Waals surface area contributed by atoms with E-state index >= 15 is 0 Å². The Morgan fingerprint density at radius 1 is 0.917 bits per heavy atom. The summed E-state index contributed by atoms with van der Waals surface area (Å²) in [7, 11) is 0. The Hall–Kier alpha value is -1.84. The normalized spacial score (nSPS) is 23.0. The molecule has 0 saturated carbocycles. The van der Waals surface area contributed by atoms with E-state index in [2.05, 4.69) is 29.2 Å². The molecule has 0 spiro atoms. The molecule has 0 radical (unpaired) electrons. The maximum absolute atomic E-state index is 13.0. The molecule has 0 N–H and O–H groups in total. The van der Waals surface area contributed by atoms with Gasteiger partial charge in [-0.2, -0.15) is 0 Å². The van der Waals surface area contributed by atoms with Crippen LogP contribution < -0.4 is 0 Å². The molecule has 4 nitrogen and oxygen atoms in total. The van der Waals surface area contributed by atoms with Crippen LogP contribution in [0, 0.1) is 5.92 Å². The second kappa shape index (κ2) is 7.82. The molecule has 2 aliphatic rings. The van der Waals surface area contributed by atoms with Crippen molar-refractivity contribution in [3.8, 4) is 0 Å². The first kappa shape index (κ1) is 17.0. The van der Waals surface area contributed by atoms with E-state index in [1.807, 2.05) is 11.0 Å². The van der Waals surface area contributed by atoms with Crippen molar-refractivity contribution in [3.05, 3.63) is 35.9 Å². The smallest absolute Gasteiger partial charge is 0.225 e. The van der Waals surface area contributed by atoms with Crippen molar-refractivity contribution in [1.29, 1.82) is 0 Å². The highest BCUT2D eigenvalue weighted by atomic mass is 16.2. The fraction of sp³-hybridized carbons (Fsp3) is 0.600. The highest BCUT2D eigenvalue weighted by Gasteiger charge is 2.31. The molecule has 2 fully saturated rings. The van der Waals surface area contributed by atoms with Crippen molar-refractivity contribution in [1.82, 2.24) is 9.80 Å². The zero-order chi connectivity index (χ0) is 16.9. The van der Waals surface area contributed by atoms with Crippen molar-refractivity contribution in [2.75, 3.05) is 26.2 Å². The van der Waals surface area contributed by atoms with Gasteiger partial charge in [0.15, 0.2) is 0 Å². The van der Waals surface area contributed by atoms with Gasteiger partial charge in [0.1, 0.15) is 0 Å². The number of carbonyl (C=O) groups is 2. The molecule has 0 bridgehead atoms. The minimum absolute atomic E-state index is 0.0927. The van der Waals surface area contributed by atoms with Crippen LogP contribution in [0.5, 0.6) is 0 Å². The number of hydrogen-bond donors (Lipinski definition) is 0. The number of benzene rings is 1. The van der Waals surface area contributed by atoms with Crippen molar-refractivity contribution in [2.45, 2.75) is 44.9 Å². The molecule has 0 aliphatic carbocycles. The molecular weight excluding hydrogens is 300 g/mol. The van der Waals surface area contributed by atoms with Gasteiger partial charge in [-0.1, -0.05) is 36.8 Å². The molecule has 0 aromatic heterocycles. The van der Waals surface area contributed by atoms with E-state index < -0.39 is 0 Å². The number of hydrogen-bond acceptors (Lipinski definition) is 2. The summed E-state index contributed by atoms with van der Waals surface area (Å²) in [6, 6.07) is 10.6. The third kappa shape index (κ3) is 3.97. The van der Waals surface area contributed by atoms with Gasteiger partial charge >= 0.3 is 0 Å². The monoisotopic (exact) mass is 328 g/mol. The van der Waals surface area contributed by atoms with Crippen molar-refractivity contribution in [2.24, 2.45) is 5.92 Å². The molecule has 130 valence electrons. The lowest BCUT2D eigenvalue weighted by atomic mass is 9.92. The fourth-order valence-corrected chi connectivity index (χ4v) is 4.04. The van der Waals surface area contributed by atoms with Gasteiger partial charge in [-0.05, 0) is 31.2 Å². The molecule has 1 unspecified atom stereocenters. The third-order valence-electron chi connectivity index (χ3n) is 5.54. The molecule has 4 heteroatoms. The first-order valence-corrected chi connectivity index (χ1v) is 9.24. The summed E-state index contributed by atoms with van der Waals surface area (Å²) in [5.74, 6) is 0.978. The maximum atomic E-state index is 13.0. The van der Waals surface area contributed by atoms with Gasteiger partial charge < -0.3 is 9.80 Å². The van der Waals surface area contributed by atoms with Gasteiger partial charge in [0.2, 0.25) is 11.8 Å². The first-order valence-electron chi connectivity index (χ1n) is 9.24. The molecule has 2 heterocycles. The number of amides is 2. The summed E-state index contributed by atoms with van der Waals surface area (Å²) >= 11 is 0.